The number of amides is 2. The van der Waals surface area contributed by atoms with Gasteiger partial charge in [-0.3, -0.25) is 0 Å². The van der Waals surface area contributed by atoms with Crippen LogP contribution in [0.1, 0.15) is 19.4 Å². The molecular formula is C23H21Cl2FN2O4S. The van der Waals surface area contributed by atoms with Crippen LogP contribution in [0.3, 0.4) is 0 Å². The van der Waals surface area contributed by atoms with Crippen molar-refractivity contribution in [1.29, 1.82) is 0 Å². The van der Waals surface area contributed by atoms with Crippen LogP contribution in [0.2, 0.25) is 10.0 Å². The zero-order chi connectivity index (χ0) is 24.2. The lowest BCUT2D eigenvalue weighted by molar-refractivity contribution is 0.193. The zero-order valence-corrected chi connectivity index (χ0v) is 20.1. The maximum atomic E-state index is 13.0. The summed E-state index contributed by atoms with van der Waals surface area (Å²) < 4.78 is 42.9. The SMILES string of the molecule is CC(C)N(Cc1ccc(OS(=O)(=O)c2ccc(F)cc2)cc1)C(=O)Nc1c(Cl)cccc1Cl. The van der Waals surface area contributed by atoms with Crippen molar-refractivity contribution in [2.45, 2.75) is 31.3 Å². The van der Waals surface area contributed by atoms with E-state index >= 15 is 0 Å². The summed E-state index contributed by atoms with van der Waals surface area (Å²) in [6.07, 6.45) is 0. The minimum Gasteiger partial charge on any atom is -0.379 e. The van der Waals surface area contributed by atoms with Gasteiger partial charge in [0, 0.05) is 12.6 Å². The fraction of sp³-hybridized carbons (Fsp3) is 0.174. The van der Waals surface area contributed by atoms with Crippen molar-refractivity contribution in [2.24, 2.45) is 0 Å². The molecule has 2 amide bonds. The van der Waals surface area contributed by atoms with E-state index in [0.29, 0.717) is 15.7 Å². The van der Waals surface area contributed by atoms with Crippen LogP contribution in [0.15, 0.2) is 71.6 Å². The van der Waals surface area contributed by atoms with E-state index in [4.69, 9.17) is 27.4 Å². The molecule has 33 heavy (non-hydrogen) atoms. The first-order valence-corrected chi connectivity index (χ1v) is 12.0. The average molecular weight is 511 g/mol. The zero-order valence-electron chi connectivity index (χ0n) is 17.8. The molecule has 3 rings (SSSR count). The minimum absolute atomic E-state index is 0.0893. The van der Waals surface area contributed by atoms with Crippen molar-refractivity contribution in [2.75, 3.05) is 5.32 Å². The molecule has 0 aliphatic rings. The van der Waals surface area contributed by atoms with Crippen LogP contribution in [0.4, 0.5) is 14.9 Å². The number of nitrogens with one attached hydrogen (secondary N) is 1. The van der Waals surface area contributed by atoms with Gasteiger partial charge < -0.3 is 14.4 Å². The van der Waals surface area contributed by atoms with Gasteiger partial charge in [-0.15, -0.1) is 0 Å². The summed E-state index contributed by atoms with van der Waals surface area (Å²) in [7, 11) is -4.10. The van der Waals surface area contributed by atoms with Gasteiger partial charge in [-0.2, -0.15) is 8.42 Å². The highest BCUT2D eigenvalue weighted by Gasteiger charge is 2.20. The molecule has 0 atom stereocenters. The second kappa shape index (κ2) is 10.4. The molecule has 10 heteroatoms. The molecule has 6 nitrogen and oxygen atoms in total. The van der Waals surface area contributed by atoms with Crippen LogP contribution in [0.5, 0.6) is 5.75 Å². The molecule has 0 saturated carbocycles. The van der Waals surface area contributed by atoms with E-state index < -0.39 is 15.9 Å². The smallest absolute Gasteiger partial charge is 0.339 e. The summed E-state index contributed by atoms with van der Waals surface area (Å²) in [5.41, 5.74) is 1.07. The van der Waals surface area contributed by atoms with Crippen LogP contribution >= 0.6 is 23.2 Å². The van der Waals surface area contributed by atoms with E-state index in [9.17, 15) is 17.6 Å². The molecule has 0 radical (unpaired) electrons. The first-order chi connectivity index (χ1) is 15.6. The van der Waals surface area contributed by atoms with Crippen LogP contribution in [0.25, 0.3) is 0 Å². The summed E-state index contributed by atoms with van der Waals surface area (Å²) in [4.78, 5) is 14.3. The van der Waals surface area contributed by atoms with Crippen molar-refractivity contribution in [1.82, 2.24) is 4.90 Å². The maximum Gasteiger partial charge on any atom is 0.339 e. The molecular weight excluding hydrogens is 490 g/mol. The highest BCUT2D eigenvalue weighted by atomic mass is 35.5. The summed E-state index contributed by atoms with van der Waals surface area (Å²) in [5, 5.41) is 3.38. The second-order valence-corrected chi connectivity index (χ2v) is 9.74. The lowest BCUT2D eigenvalue weighted by Gasteiger charge is -2.27. The molecule has 0 heterocycles. The standard InChI is InChI=1S/C23H21Cl2FN2O4S/c1-15(2)28(23(29)27-22-20(24)4-3-5-21(22)25)14-16-6-10-18(11-7-16)32-33(30,31)19-12-8-17(26)9-13-19/h3-13,15H,14H2,1-2H3,(H,27,29). The van der Waals surface area contributed by atoms with Gasteiger partial charge in [-0.05, 0) is 67.9 Å². The Balaban J connectivity index is 1.71. The van der Waals surface area contributed by atoms with E-state index in [1.807, 2.05) is 13.8 Å². The third-order valence-corrected chi connectivity index (χ3v) is 6.55. The molecule has 0 aromatic heterocycles. The summed E-state index contributed by atoms with van der Waals surface area (Å²) in [5.74, 6) is -0.458. The van der Waals surface area contributed by atoms with Crippen LogP contribution in [0, 0.1) is 5.82 Å². The van der Waals surface area contributed by atoms with Crippen LogP contribution in [-0.4, -0.2) is 25.4 Å². The molecule has 174 valence electrons. The number of nitrogens with zero attached hydrogens (tertiary/aromatic N) is 1. The fourth-order valence-electron chi connectivity index (χ4n) is 2.91. The monoisotopic (exact) mass is 510 g/mol. The molecule has 0 spiro atoms. The molecule has 0 bridgehead atoms. The lowest BCUT2D eigenvalue weighted by atomic mass is 10.2. The van der Waals surface area contributed by atoms with E-state index in [2.05, 4.69) is 5.32 Å². The predicted octanol–water partition coefficient (Wildman–Crippen LogP) is 6.34. The van der Waals surface area contributed by atoms with Gasteiger partial charge in [0.05, 0.1) is 15.7 Å². The van der Waals surface area contributed by atoms with Gasteiger partial charge >= 0.3 is 16.1 Å². The first kappa shape index (κ1) is 24.8. The van der Waals surface area contributed by atoms with Gasteiger partial charge in [0.25, 0.3) is 0 Å². The minimum atomic E-state index is -4.10. The average Bonchev–Trinajstić information content (AvgIpc) is 2.75. The number of benzene rings is 3. The first-order valence-electron chi connectivity index (χ1n) is 9.87. The topological polar surface area (TPSA) is 75.7 Å². The molecule has 0 aliphatic carbocycles. The van der Waals surface area contributed by atoms with Crippen LogP contribution in [-0.2, 0) is 16.7 Å². The van der Waals surface area contributed by atoms with E-state index in [0.717, 1.165) is 29.8 Å². The van der Waals surface area contributed by atoms with E-state index in [1.54, 1.807) is 35.2 Å². The Hall–Kier alpha value is -2.81. The Morgan fingerprint density at radius 3 is 2.12 bits per heavy atom. The Morgan fingerprint density at radius 1 is 1.00 bits per heavy atom. The molecule has 0 aliphatic heterocycles. The number of carbonyl (C=O) groups is 1. The number of hydrogen-bond acceptors (Lipinski definition) is 4. The summed E-state index contributed by atoms with van der Waals surface area (Å²) in [6.45, 7) is 3.97. The Morgan fingerprint density at radius 2 is 1.58 bits per heavy atom. The third-order valence-electron chi connectivity index (χ3n) is 4.66. The second-order valence-electron chi connectivity index (χ2n) is 7.38. The largest absolute Gasteiger partial charge is 0.379 e. The summed E-state index contributed by atoms with van der Waals surface area (Å²) >= 11 is 12.3. The molecule has 3 aromatic rings. The molecule has 0 fully saturated rings. The van der Waals surface area contributed by atoms with Crippen LogP contribution < -0.4 is 9.50 Å². The van der Waals surface area contributed by atoms with Gasteiger partial charge in [0.2, 0.25) is 0 Å². The highest BCUT2D eigenvalue weighted by Crippen LogP contribution is 2.30. The maximum absolute atomic E-state index is 13.0. The number of anilines is 1. The number of rotatable bonds is 7. The normalized spacial score (nSPS) is 11.3. The number of carbonyl (C=O) groups excluding carboxylic acids is 1. The van der Waals surface area contributed by atoms with Gasteiger partial charge in [-0.1, -0.05) is 41.4 Å². The van der Waals surface area contributed by atoms with Gasteiger partial charge in [0.1, 0.15) is 16.5 Å². The van der Waals surface area contributed by atoms with Gasteiger partial charge in [-0.25, -0.2) is 9.18 Å². The summed E-state index contributed by atoms with van der Waals surface area (Å²) in [6, 6.07) is 15.0. The van der Waals surface area contributed by atoms with Gasteiger partial charge in [0.15, 0.2) is 0 Å². The Labute approximate surface area is 202 Å². The Bertz CT molecular complexity index is 1210. The molecule has 0 saturated heterocycles. The van der Waals surface area contributed by atoms with Crippen molar-refractivity contribution in [3.8, 4) is 5.75 Å². The Kier molecular flexibility index (Phi) is 7.84. The fourth-order valence-corrected chi connectivity index (χ4v) is 4.33. The lowest BCUT2D eigenvalue weighted by Crippen LogP contribution is -2.39. The molecule has 3 aromatic carbocycles. The van der Waals surface area contributed by atoms with Crippen molar-refractivity contribution >= 4 is 45.0 Å². The van der Waals surface area contributed by atoms with E-state index in [1.165, 1.54) is 12.1 Å². The molecule has 0 unspecified atom stereocenters. The highest BCUT2D eigenvalue weighted by molar-refractivity contribution is 7.87. The number of hydrogen-bond donors (Lipinski definition) is 1. The van der Waals surface area contributed by atoms with Crippen molar-refractivity contribution in [3.63, 3.8) is 0 Å². The van der Waals surface area contributed by atoms with E-state index in [-0.39, 0.29) is 29.3 Å². The van der Waals surface area contributed by atoms with Crippen molar-refractivity contribution in [3.05, 3.63) is 88.2 Å². The predicted molar refractivity (Wildman–Crippen MR) is 127 cm³/mol. The third kappa shape index (κ3) is 6.37. The number of para-hydroxylation sites is 1. The molecule has 1 N–H and O–H groups in total. The quantitative estimate of drug-likeness (QED) is 0.376. The van der Waals surface area contributed by atoms with Crippen molar-refractivity contribution < 1.29 is 21.8 Å². The number of urea groups is 1. The number of halogens is 3.